The maximum Gasteiger partial charge on any atom is 0.159 e. The van der Waals surface area contributed by atoms with Crippen LogP contribution < -0.4 is 0 Å². The van der Waals surface area contributed by atoms with Gasteiger partial charge in [-0.15, -0.1) is 0 Å². The van der Waals surface area contributed by atoms with E-state index in [-0.39, 0.29) is 6.10 Å². The van der Waals surface area contributed by atoms with E-state index >= 15 is 0 Å². The number of hydrogen-bond donors (Lipinski definition) is 1. The highest BCUT2D eigenvalue weighted by molar-refractivity contribution is 5.69. The minimum atomic E-state index is -0.376. The van der Waals surface area contributed by atoms with E-state index in [1.54, 1.807) is 19.4 Å². The molecule has 0 bridgehead atoms. The van der Waals surface area contributed by atoms with Crippen LogP contribution in [0.15, 0.2) is 24.7 Å². The van der Waals surface area contributed by atoms with Crippen molar-refractivity contribution in [3.05, 3.63) is 24.7 Å². The quantitative estimate of drug-likeness (QED) is 0.738. The number of nitrogens with zero attached hydrogens (tertiary/aromatic N) is 3. The number of aliphatic hydroxyl groups excluding tert-OH is 1. The highest BCUT2D eigenvalue weighted by Crippen LogP contribution is 2.08. The standard InChI is InChI=1S/C9H11N3O/c1-7(13)5-12-6-11-8-3-2-4-10-9(8)12/h2-4,6-7,13H,5H2,1H3/t7-/m0/s1. The molecule has 0 aromatic carbocycles. The molecule has 0 unspecified atom stereocenters. The van der Waals surface area contributed by atoms with Gasteiger partial charge in [-0.1, -0.05) is 0 Å². The van der Waals surface area contributed by atoms with Gasteiger partial charge in [0.2, 0.25) is 0 Å². The molecule has 4 heteroatoms. The predicted molar refractivity (Wildman–Crippen MR) is 49.2 cm³/mol. The van der Waals surface area contributed by atoms with Crippen molar-refractivity contribution in [2.45, 2.75) is 19.6 Å². The molecule has 0 aliphatic heterocycles. The first kappa shape index (κ1) is 8.19. The van der Waals surface area contributed by atoms with E-state index in [2.05, 4.69) is 9.97 Å². The Morgan fingerprint density at radius 2 is 2.38 bits per heavy atom. The fourth-order valence-corrected chi connectivity index (χ4v) is 1.32. The Bertz CT molecular complexity index is 408. The summed E-state index contributed by atoms with van der Waals surface area (Å²) < 4.78 is 1.85. The lowest BCUT2D eigenvalue weighted by molar-refractivity contribution is 0.175. The molecule has 0 fully saturated rings. The maximum atomic E-state index is 9.21. The molecule has 0 spiro atoms. The molecule has 0 radical (unpaired) electrons. The Hall–Kier alpha value is -1.42. The molecule has 2 aromatic heterocycles. The van der Waals surface area contributed by atoms with Crippen LogP contribution in [-0.2, 0) is 6.54 Å². The van der Waals surface area contributed by atoms with Gasteiger partial charge in [-0.2, -0.15) is 0 Å². The van der Waals surface area contributed by atoms with Gasteiger partial charge < -0.3 is 9.67 Å². The highest BCUT2D eigenvalue weighted by atomic mass is 16.3. The summed E-state index contributed by atoms with van der Waals surface area (Å²) in [6.07, 6.45) is 3.05. The van der Waals surface area contributed by atoms with Crippen LogP contribution in [0.4, 0.5) is 0 Å². The Kier molecular flexibility index (Phi) is 1.98. The van der Waals surface area contributed by atoms with Crippen molar-refractivity contribution in [2.24, 2.45) is 0 Å². The van der Waals surface area contributed by atoms with Crippen LogP contribution in [0.5, 0.6) is 0 Å². The number of aromatic nitrogens is 3. The van der Waals surface area contributed by atoms with Gasteiger partial charge in [0.05, 0.1) is 19.0 Å². The molecule has 1 atom stereocenters. The van der Waals surface area contributed by atoms with Crippen molar-refractivity contribution in [3.8, 4) is 0 Å². The number of imidazole rings is 1. The van der Waals surface area contributed by atoms with Gasteiger partial charge in [0.1, 0.15) is 5.52 Å². The molecular formula is C9H11N3O. The van der Waals surface area contributed by atoms with Gasteiger partial charge in [0.15, 0.2) is 5.65 Å². The SMILES string of the molecule is C[C@H](O)Cn1cnc2cccnc21. The summed E-state index contributed by atoms with van der Waals surface area (Å²) >= 11 is 0. The first-order valence-corrected chi connectivity index (χ1v) is 4.21. The Morgan fingerprint density at radius 3 is 3.15 bits per heavy atom. The van der Waals surface area contributed by atoms with Crippen LogP contribution >= 0.6 is 0 Å². The predicted octanol–water partition coefficient (Wildman–Crippen LogP) is 0.812. The van der Waals surface area contributed by atoms with Crippen LogP contribution in [0, 0.1) is 0 Å². The molecule has 2 aromatic rings. The number of aliphatic hydroxyl groups is 1. The van der Waals surface area contributed by atoms with Crippen LogP contribution in [0.25, 0.3) is 11.2 Å². The third kappa shape index (κ3) is 1.53. The van der Waals surface area contributed by atoms with E-state index in [0.717, 1.165) is 11.2 Å². The monoisotopic (exact) mass is 177 g/mol. The number of rotatable bonds is 2. The largest absolute Gasteiger partial charge is 0.392 e. The molecule has 2 heterocycles. The molecule has 0 aliphatic carbocycles. The lowest BCUT2D eigenvalue weighted by Crippen LogP contribution is -2.10. The van der Waals surface area contributed by atoms with E-state index < -0.39 is 0 Å². The molecule has 0 saturated heterocycles. The summed E-state index contributed by atoms with van der Waals surface area (Å²) in [6.45, 7) is 2.28. The van der Waals surface area contributed by atoms with Gasteiger partial charge in [-0.3, -0.25) is 0 Å². The van der Waals surface area contributed by atoms with E-state index in [0.29, 0.717) is 6.54 Å². The zero-order valence-corrected chi connectivity index (χ0v) is 7.38. The zero-order valence-electron chi connectivity index (χ0n) is 7.38. The fourth-order valence-electron chi connectivity index (χ4n) is 1.32. The lowest BCUT2D eigenvalue weighted by atomic mass is 10.4. The summed E-state index contributed by atoms with van der Waals surface area (Å²) in [5, 5.41) is 9.21. The van der Waals surface area contributed by atoms with Crippen LogP contribution in [0.1, 0.15) is 6.92 Å². The average molecular weight is 177 g/mol. The number of fused-ring (bicyclic) bond motifs is 1. The van der Waals surface area contributed by atoms with Crippen LogP contribution in [-0.4, -0.2) is 25.7 Å². The van der Waals surface area contributed by atoms with Gasteiger partial charge in [-0.05, 0) is 19.1 Å². The van der Waals surface area contributed by atoms with E-state index in [4.69, 9.17) is 0 Å². The minimum Gasteiger partial charge on any atom is -0.392 e. The Labute approximate surface area is 75.9 Å². The van der Waals surface area contributed by atoms with E-state index in [1.165, 1.54) is 0 Å². The Balaban J connectivity index is 2.46. The Morgan fingerprint density at radius 1 is 1.54 bits per heavy atom. The summed E-state index contributed by atoms with van der Waals surface area (Å²) in [5.41, 5.74) is 1.69. The van der Waals surface area contributed by atoms with Crippen molar-refractivity contribution >= 4 is 11.2 Å². The van der Waals surface area contributed by atoms with Crippen molar-refractivity contribution in [1.82, 2.24) is 14.5 Å². The zero-order chi connectivity index (χ0) is 9.26. The summed E-state index contributed by atoms with van der Waals surface area (Å²) in [5.74, 6) is 0. The summed E-state index contributed by atoms with van der Waals surface area (Å²) in [7, 11) is 0. The normalized spacial score (nSPS) is 13.4. The first-order valence-electron chi connectivity index (χ1n) is 4.21. The lowest BCUT2D eigenvalue weighted by Gasteiger charge is -2.04. The second-order valence-electron chi connectivity index (χ2n) is 3.09. The van der Waals surface area contributed by atoms with Gasteiger partial charge in [-0.25, -0.2) is 9.97 Å². The van der Waals surface area contributed by atoms with Crippen molar-refractivity contribution in [3.63, 3.8) is 0 Å². The third-order valence-electron chi connectivity index (χ3n) is 1.84. The second-order valence-corrected chi connectivity index (χ2v) is 3.09. The van der Waals surface area contributed by atoms with E-state index in [9.17, 15) is 5.11 Å². The van der Waals surface area contributed by atoms with Crippen LogP contribution in [0.3, 0.4) is 0 Å². The van der Waals surface area contributed by atoms with Gasteiger partial charge in [0, 0.05) is 6.20 Å². The van der Waals surface area contributed by atoms with Gasteiger partial charge in [0.25, 0.3) is 0 Å². The molecule has 0 aliphatic rings. The topological polar surface area (TPSA) is 50.9 Å². The smallest absolute Gasteiger partial charge is 0.159 e. The van der Waals surface area contributed by atoms with Crippen LogP contribution in [0.2, 0.25) is 0 Å². The molecule has 0 saturated carbocycles. The minimum absolute atomic E-state index is 0.376. The van der Waals surface area contributed by atoms with E-state index in [1.807, 2.05) is 16.7 Å². The first-order chi connectivity index (χ1) is 6.27. The molecule has 13 heavy (non-hydrogen) atoms. The molecular weight excluding hydrogens is 166 g/mol. The van der Waals surface area contributed by atoms with Crippen molar-refractivity contribution < 1.29 is 5.11 Å². The van der Waals surface area contributed by atoms with Crippen molar-refractivity contribution in [2.75, 3.05) is 0 Å². The summed E-state index contributed by atoms with van der Waals surface area (Å²) in [4.78, 5) is 8.34. The summed E-state index contributed by atoms with van der Waals surface area (Å²) in [6, 6.07) is 3.75. The molecule has 4 nitrogen and oxygen atoms in total. The second kappa shape index (κ2) is 3.14. The average Bonchev–Trinajstić information content (AvgIpc) is 2.48. The van der Waals surface area contributed by atoms with Gasteiger partial charge >= 0.3 is 0 Å². The van der Waals surface area contributed by atoms with Crippen molar-refractivity contribution in [1.29, 1.82) is 0 Å². The highest BCUT2D eigenvalue weighted by Gasteiger charge is 2.04. The third-order valence-corrected chi connectivity index (χ3v) is 1.84. The number of hydrogen-bond acceptors (Lipinski definition) is 3. The molecule has 2 rings (SSSR count). The molecule has 68 valence electrons. The molecule has 1 N–H and O–H groups in total. The fraction of sp³-hybridized carbons (Fsp3) is 0.333. The maximum absolute atomic E-state index is 9.21. The number of pyridine rings is 1. The molecule has 0 amide bonds.